The Kier molecular flexibility index (Phi) is 10.2. The van der Waals surface area contributed by atoms with Crippen molar-refractivity contribution in [2.45, 2.75) is 104 Å². The molecule has 5 N–H and O–H groups in total. The molecule has 0 radical (unpaired) electrons. The van der Waals surface area contributed by atoms with Crippen LogP contribution in [0.1, 0.15) is 107 Å². The molecule has 3 unspecified atom stereocenters. The van der Waals surface area contributed by atoms with Crippen LogP contribution in [0.25, 0.3) is 0 Å². The molecule has 8 bridgehead atoms. The number of aromatic nitrogens is 3. The van der Waals surface area contributed by atoms with E-state index in [0.717, 1.165) is 67.6 Å². The maximum Gasteiger partial charge on any atom is 0.317 e. The average Bonchev–Trinajstić information content (AvgIpc) is 3.83. The fraction of sp³-hybridized carbons (Fsp3) is 0.513. The Balaban J connectivity index is 1.49. The Morgan fingerprint density at radius 3 is 2.36 bits per heavy atom. The number of fused-ring (bicyclic) bond motifs is 8. The maximum absolute atomic E-state index is 14.2. The molecule has 6 rings (SSSR count). The van der Waals surface area contributed by atoms with Gasteiger partial charge in [0.25, 0.3) is 0 Å². The van der Waals surface area contributed by atoms with E-state index in [1.807, 2.05) is 13.8 Å². The van der Waals surface area contributed by atoms with Gasteiger partial charge in [0.2, 0.25) is 5.91 Å². The van der Waals surface area contributed by atoms with Crippen molar-refractivity contribution in [1.29, 1.82) is 0 Å². The predicted octanol–water partition coefficient (Wildman–Crippen LogP) is 4.27. The Hall–Kier alpha value is -4.51. The summed E-state index contributed by atoms with van der Waals surface area (Å²) in [4.78, 5) is 68.8. The maximum atomic E-state index is 14.2. The van der Waals surface area contributed by atoms with Gasteiger partial charge in [-0.2, -0.15) is 0 Å². The zero-order valence-electron chi connectivity index (χ0n) is 30.0. The molecule has 3 aromatic rings. The summed E-state index contributed by atoms with van der Waals surface area (Å²) in [5.74, 6) is -2.60. The smallest absolute Gasteiger partial charge is 0.317 e. The van der Waals surface area contributed by atoms with Gasteiger partial charge in [-0.3, -0.25) is 19.4 Å². The van der Waals surface area contributed by atoms with Gasteiger partial charge in [-0.1, -0.05) is 0 Å². The topological polar surface area (TPSA) is 170 Å². The lowest BCUT2D eigenvalue weighted by molar-refractivity contribution is -0.148. The second-order valence-corrected chi connectivity index (χ2v) is 14.2. The van der Waals surface area contributed by atoms with E-state index in [0.29, 0.717) is 69.2 Å². The largest absolute Gasteiger partial charge is 0.468 e. The van der Waals surface area contributed by atoms with Crippen LogP contribution in [0.2, 0.25) is 0 Å². The first-order valence-electron chi connectivity index (χ1n) is 17.8. The van der Waals surface area contributed by atoms with Crippen molar-refractivity contribution in [3.05, 3.63) is 79.2 Å². The monoisotopic (exact) mass is 683 g/mol. The summed E-state index contributed by atoms with van der Waals surface area (Å²) in [5.41, 5.74) is 13.1. The molecule has 3 atom stereocenters. The van der Waals surface area contributed by atoms with Crippen LogP contribution < -0.4 is 5.32 Å². The van der Waals surface area contributed by atoms with Gasteiger partial charge >= 0.3 is 5.97 Å². The molecule has 0 saturated heterocycles. The number of rotatable bonds is 11. The normalized spacial score (nSPS) is 19.6. The third kappa shape index (κ3) is 6.55. The Labute approximate surface area is 292 Å². The molecule has 266 valence electrons. The van der Waals surface area contributed by atoms with Crippen molar-refractivity contribution in [3.63, 3.8) is 0 Å². The van der Waals surface area contributed by atoms with E-state index in [1.54, 1.807) is 6.92 Å². The number of unbranched alkanes of at least 4 members (excludes halogenated alkanes) is 1. The number of nitrogens with zero attached hydrogens (tertiary/aromatic N) is 1. The summed E-state index contributed by atoms with van der Waals surface area (Å²) in [7, 11) is 1.30. The number of carbonyl (C=O) groups is 4. The minimum Gasteiger partial charge on any atom is -0.468 e. The number of esters is 1. The average molecular weight is 684 g/mol. The summed E-state index contributed by atoms with van der Waals surface area (Å²) in [5, 5.41) is 12.1. The molecule has 2 aliphatic heterocycles. The highest BCUT2D eigenvalue weighted by Gasteiger charge is 2.54. The number of allylic oxidation sites excluding steroid dienone is 1. The molecular weight excluding hydrogens is 634 g/mol. The molecule has 1 fully saturated rings. The van der Waals surface area contributed by atoms with E-state index in [4.69, 9.17) is 14.8 Å². The number of nitrogens with one attached hydrogen (secondary N) is 4. The summed E-state index contributed by atoms with van der Waals surface area (Å²) in [6.07, 6.45) is 4.80. The molecule has 1 aliphatic carbocycles. The first-order chi connectivity index (χ1) is 23.9. The van der Waals surface area contributed by atoms with Crippen LogP contribution in [0.5, 0.6) is 0 Å². The van der Waals surface area contributed by atoms with Gasteiger partial charge in [-0.05, 0) is 99.8 Å². The number of ether oxygens (including phenoxy) is 1. The molecule has 3 aliphatic rings. The van der Waals surface area contributed by atoms with Gasteiger partial charge < -0.3 is 34.9 Å². The van der Waals surface area contributed by atoms with Gasteiger partial charge in [0.1, 0.15) is 11.7 Å². The molecule has 0 spiro atoms. The second-order valence-electron chi connectivity index (χ2n) is 14.2. The van der Waals surface area contributed by atoms with E-state index in [9.17, 15) is 19.2 Å². The number of Topliss-reactive ketones (excluding diaryl/α,β-unsaturated/α-hetero) is 2. The van der Waals surface area contributed by atoms with Crippen LogP contribution in [0, 0.1) is 26.7 Å². The number of hydrogen-bond acceptors (Lipinski definition) is 7. The number of aromatic amines is 3. The van der Waals surface area contributed by atoms with Crippen LogP contribution in [0.15, 0.2) is 22.2 Å². The number of hydrogen-bond donors (Lipinski definition) is 5. The third-order valence-electron chi connectivity index (χ3n) is 11.0. The standard InChI is InChI=1S/C39H49N5O6/c1-19-15-24-16-28-23(5)33-37(44-28)34(35(38(33)48)39(49)50-6)36-26(11-12-32(47)40-13-7-8-14-45)22(4)30(43-36)18-29-21(3)25(10-9-20(2)46)31(42-29)17-27(19)41-24/h15,28,34-35,41-43,45H,7-14,16-18H2,1-6H3,(H,40,47). The van der Waals surface area contributed by atoms with E-state index in [1.165, 1.54) is 7.11 Å². The molecular formula is C39H49N5O6. The number of H-pyrrole nitrogens is 3. The highest BCUT2D eigenvalue weighted by atomic mass is 16.5. The van der Waals surface area contributed by atoms with Crippen molar-refractivity contribution in [1.82, 2.24) is 20.3 Å². The van der Waals surface area contributed by atoms with Gasteiger partial charge in [0.05, 0.1) is 24.8 Å². The van der Waals surface area contributed by atoms with Crippen molar-refractivity contribution >= 4 is 29.2 Å². The van der Waals surface area contributed by atoms with Crippen LogP contribution in [-0.2, 0) is 56.0 Å². The summed E-state index contributed by atoms with van der Waals surface area (Å²) in [6, 6.07) is 1.88. The molecule has 50 heavy (non-hydrogen) atoms. The minimum atomic E-state index is -1.09. The van der Waals surface area contributed by atoms with E-state index in [-0.39, 0.29) is 36.5 Å². The summed E-state index contributed by atoms with van der Waals surface area (Å²) >= 11 is 0. The first kappa shape index (κ1) is 35.3. The first-order valence-corrected chi connectivity index (χ1v) is 17.8. The van der Waals surface area contributed by atoms with Crippen molar-refractivity contribution in [2.75, 3.05) is 20.3 Å². The van der Waals surface area contributed by atoms with E-state index >= 15 is 0 Å². The lowest BCUT2D eigenvalue weighted by Gasteiger charge is -2.19. The molecule has 3 aromatic heterocycles. The molecule has 11 heteroatoms. The number of aryl methyl sites for hydroxylation is 1. The molecule has 5 heterocycles. The third-order valence-corrected chi connectivity index (χ3v) is 11.0. The van der Waals surface area contributed by atoms with Crippen LogP contribution >= 0.6 is 0 Å². The van der Waals surface area contributed by atoms with Gasteiger partial charge in [-0.15, -0.1) is 0 Å². The van der Waals surface area contributed by atoms with E-state index in [2.05, 4.69) is 40.2 Å². The predicted molar refractivity (Wildman–Crippen MR) is 190 cm³/mol. The Bertz CT molecular complexity index is 1920. The molecule has 11 nitrogen and oxygen atoms in total. The number of aliphatic imine (C=N–C) groups is 1. The zero-order chi connectivity index (χ0) is 35.9. The highest BCUT2D eigenvalue weighted by molar-refractivity contribution is 6.36. The Morgan fingerprint density at radius 1 is 0.940 bits per heavy atom. The van der Waals surface area contributed by atoms with Crippen LogP contribution in [0.4, 0.5) is 0 Å². The summed E-state index contributed by atoms with van der Waals surface area (Å²) < 4.78 is 5.23. The number of aliphatic hydroxyl groups is 1. The Morgan fingerprint density at radius 2 is 1.64 bits per heavy atom. The van der Waals surface area contributed by atoms with Gasteiger partial charge in [0, 0.05) is 85.0 Å². The fourth-order valence-corrected chi connectivity index (χ4v) is 8.12. The number of carbonyl (C=O) groups excluding carboxylic acids is 4. The van der Waals surface area contributed by atoms with Crippen LogP contribution in [-0.4, -0.2) is 75.5 Å². The SMILES string of the molecule is COC(=O)C1C(=O)C2=C(C)C3Cc4cc(C)c([nH]4)Cc4[nH]c(c(C)c4CCC(C)=O)Cc4[nH]c(c(CCC(=O)NCCCCO)c4C)C1C2=N3. The quantitative estimate of drug-likeness (QED) is 0.115. The van der Waals surface area contributed by atoms with Gasteiger partial charge in [0.15, 0.2) is 5.78 Å². The minimum absolute atomic E-state index is 0.0816. The van der Waals surface area contributed by atoms with Crippen molar-refractivity contribution in [3.8, 4) is 0 Å². The van der Waals surface area contributed by atoms with Crippen LogP contribution in [0.3, 0.4) is 0 Å². The van der Waals surface area contributed by atoms with Crippen molar-refractivity contribution in [2.24, 2.45) is 10.9 Å². The molecule has 1 saturated carbocycles. The number of ketones is 2. The lowest BCUT2D eigenvalue weighted by Crippen LogP contribution is -2.28. The second kappa shape index (κ2) is 14.4. The number of aliphatic hydroxyl groups excluding tert-OH is 1. The zero-order valence-corrected chi connectivity index (χ0v) is 30.0. The van der Waals surface area contributed by atoms with E-state index < -0.39 is 17.8 Å². The number of amides is 1. The van der Waals surface area contributed by atoms with Gasteiger partial charge in [-0.25, -0.2) is 0 Å². The van der Waals surface area contributed by atoms with Crippen molar-refractivity contribution < 1.29 is 29.0 Å². The molecule has 0 aromatic carbocycles. The molecule has 1 amide bonds. The highest BCUT2D eigenvalue weighted by Crippen LogP contribution is 2.46. The fourth-order valence-electron chi connectivity index (χ4n) is 8.12. The lowest BCUT2D eigenvalue weighted by atomic mass is 9.87. The number of methoxy groups -OCH3 is 1. The summed E-state index contributed by atoms with van der Waals surface area (Å²) in [6.45, 7) is 10.4.